The lowest BCUT2D eigenvalue weighted by molar-refractivity contribution is 0.144. The van der Waals surface area contributed by atoms with E-state index in [0.29, 0.717) is 6.07 Å². The molecule has 0 unspecified atom stereocenters. The van der Waals surface area contributed by atoms with E-state index in [9.17, 15) is 18.0 Å². The van der Waals surface area contributed by atoms with E-state index in [0.717, 1.165) is 0 Å². The topological polar surface area (TPSA) is 32.9 Å². The lowest BCUT2D eigenvalue weighted by atomic mass is 10.3. The largest absolute Gasteiger partial charge is 0.318 e. The zero-order chi connectivity index (χ0) is 9.30. The minimum Gasteiger partial charge on any atom is -0.318 e. The molecule has 0 aliphatic rings. The van der Waals surface area contributed by atoms with Crippen LogP contribution in [0, 0.1) is 5.82 Å². The van der Waals surface area contributed by atoms with Gasteiger partial charge in [0.15, 0.2) is 5.82 Å². The third kappa shape index (κ3) is 1.69. The van der Waals surface area contributed by atoms with Crippen molar-refractivity contribution in [3.05, 3.63) is 32.4 Å². The molecule has 1 aromatic rings. The summed E-state index contributed by atoms with van der Waals surface area (Å²) < 4.78 is 36.3. The number of halogens is 4. The molecule has 0 aromatic carbocycles. The lowest BCUT2D eigenvalue weighted by Crippen LogP contribution is -2.13. The van der Waals surface area contributed by atoms with Crippen molar-refractivity contribution in [2.45, 2.75) is 6.43 Å². The predicted molar refractivity (Wildman–Crippen MR) is 39.7 cm³/mol. The van der Waals surface area contributed by atoms with Gasteiger partial charge in [-0.05, 0) is 22.0 Å². The molecule has 1 N–H and O–H groups in total. The van der Waals surface area contributed by atoms with E-state index < -0.39 is 23.5 Å². The Morgan fingerprint density at radius 1 is 1.50 bits per heavy atom. The van der Waals surface area contributed by atoms with Crippen molar-refractivity contribution in [2.75, 3.05) is 0 Å². The van der Waals surface area contributed by atoms with Crippen molar-refractivity contribution in [3.63, 3.8) is 0 Å². The van der Waals surface area contributed by atoms with E-state index in [1.807, 2.05) is 0 Å². The minimum absolute atomic E-state index is 0.144. The van der Waals surface area contributed by atoms with Gasteiger partial charge < -0.3 is 4.98 Å². The van der Waals surface area contributed by atoms with Crippen molar-refractivity contribution >= 4 is 15.9 Å². The quantitative estimate of drug-likeness (QED) is 0.804. The summed E-state index contributed by atoms with van der Waals surface area (Å²) >= 11 is 2.69. The van der Waals surface area contributed by atoms with Crippen molar-refractivity contribution in [1.29, 1.82) is 0 Å². The number of hydrogen-bond donors (Lipinski definition) is 1. The zero-order valence-electron chi connectivity index (χ0n) is 5.57. The van der Waals surface area contributed by atoms with Gasteiger partial charge in [-0.25, -0.2) is 13.2 Å². The van der Waals surface area contributed by atoms with E-state index in [4.69, 9.17) is 0 Å². The van der Waals surface area contributed by atoms with Crippen LogP contribution in [0.1, 0.15) is 12.1 Å². The van der Waals surface area contributed by atoms with Gasteiger partial charge >= 0.3 is 0 Å². The van der Waals surface area contributed by atoms with Crippen LogP contribution < -0.4 is 5.56 Å². The van der Waals surface area contributed by atoms with Gasteiger partial charge in [-0.3, -0.25) is 4.79 Å². The summed E-state index contributed by atoms with van der Waals surface area (Å²) in [6.07, 6.45) is -2.83. The number of hydrogen-bond acceptors (Lipinski definition) is 1. The van der Waals surface area contributed by atoms with Crippen molar-refractivity contribution < 1.29 is 13.2 Å². The summed E-state index contributed by atoms with van der Waals surface area (Å²) in [5, 5.41) is 0. The molecule has 66 valence electrons. The Balaban J connectivity index is 3.33. The van der Waals surface area contributed by atoms with Crippen LogP contribution in [-0.4, -0.2) is 4.98 Å². The van der Waals surface area contributed by atoms with E-state index in [1.54, 1.807) is 4.98 Å². The third-order valence-corrected chi connectivity index (χ3v) is 1.85. The molecule has 0 spiro atoms. The molecule has 1 heterocycles. The number of H-pyrrole nitrogens is 1. The molecular weight excluding hydrogens is 239 g/mol. The Morgan fingerprint density at radius 2 is 2.08 bits per heavy atom. The van der Waals surface area contributed by atoms with E-state index in [-0.39, 0.29) is 4.47 Å². The van der Waals surface area contributed by atoms with Crippen LogP contribution in [0.15, 0.2) is 15.3 Å². The first-order valence-corrected chi connectivity index (χ1v) is 3.68. The number of pyridine rings is 1. The Kier molecular flexibility index (Phi) is 2.56. The Labute approximate surface area is 73.5 Å². The molecule has 12 heavy (non-hydrogen) atoms. The number of rotatable bonds is 1. The summed E-state index contributed by atoms with van der Waals surface area (Å²) in [6.45, 7) is 0. The number of aromatic amines is 1. The first-order chi connectivity index (χ1) is 5.52. The fraction of sp³-hybridized carbons (Fsp3) is 0.167. The van der Waals surface area contributed by atoms with E-state index in [2.05, 4.69) is 15.9 Å². The van der Waals surface area contributed by atoms with Crippen molar-refractivity contribution in [2.24, 2.45) is 0 Å². The predicted octanol–water partition coefficient (Wildman–Crippen LogP) is 2.21. The van der Waals surface area contributed by atoms with Gasteiger partial charge in [0.05, 0.1) is 5.69 Å². The van der Waals surface area contributed by atoms with Crippen LogP contribution in [-0.2, 0) is 0 Å². The molecular formula is C6H3BrF3NO. The Bertz CT molecular complexity index is 349. The number of aromatic nitrogens is 1. The van der Waals surface area contributed by atoms with Gasteiger partial charge in [-0.15, -0.1) is 0 Å². The standard InChI is InChI=1S/C6H3BrF3NO/c7-2-1-3(8)6(12)11-4(2)5(9)10/h1,5H,(H,11,12). The Hall–Kier alpha value is -0.780. The normalized spacial score (nSPS) is 10.8. The van der Waals surface area contributed by atoms with Gasteiger partial charge in [0.25, 0.3) is 12.0 Å². The summed E-state index contributed by atoms with van der Waals surface area (Å²) in [5.74, 6) is -1.09. The maximum atomic E-state index is 12.4. The molecule has 0 saturated carbocycles. The van der Waals surface area contributed by atoms with Gasteiger partial charge in [0, 0.05) is 4.47 Å². The molecule has 6 heteroatoms. The van der Waals surface area contributed by atoms with Gasteiger partial charge in [0.2, 0.25) is 0 Å². The fourth-order valence-corrected chi connectivity index (χ4v) is 1.13. The van der Waals surface area contributed by atoms with Crippen molar-refractivity contribution in [3.8, 4) is 0 Å². The molecule has 0 atom stereocenters. The smallest absolute Gasteiger partial charge is 0.284 e. The highest BCUT2D eigenvalue weighted by Crippen LogP contribution is 2.23. The SMILES string of the molecule is O=c1[nH]c(C(F)F)c(Br)cc1F. The molecule has 1 aromatic heterocycles. The van der Waals surface area contributed by atoms with E-state index >= 15 is 0 Å². The molecule has 0 aliphatic carbocycles. The molecule has 0 aliphatic heterocycles. The second-order valence-corrected chi connectivity index (χ2v) is 2.86. The molecule has 0 fully saturated rings. The van der Waals surface area contributed by atoms with Gasteiger partial charge in [-0.1, -0.05) is 0 Å². The molecule has 0 saturated heterocycles. The number of alkyl halides is 2. The molecule has 1 rings (SSSR count). The molecule has 0 amide bonds. The lowest BCUT2D eigenvalue weighted by Gasteiger charge is -2.01. The third-order valence-electron chi connectivity index (χ3n) is 1.19. The monoisotopic (exact) mass is 241 g/mol. The fourth-order valence-electron chi connectivity index (χ4n) is 0.655. The van der Waals surface area contributed by atoms with Crippen molar-refractivity contribution in [1.82, 2.24) is 4.98 Å². The second-order valence-electron chi connectivity index (χ2n) is 2.01. The highest BCUT2D eigenvalue weighted by Gasteiger charge is 2.14. The highest BCUT2D eigenvalue weighted by molar-refractivity contribution is 9.10. The maximum absolute atomic E-state index is 12.4. The number of nitrogens with one attached hydrogen (secondary N) is 1. The highest BCUT2D eigenvalue weighted by atomic mass is 79.9. The first kappa shape index (κ1) is 9.31. The second kappa shape index (κ2) is 3.30. The van der Waals surface area contributed by atoms with E-state index in [1.165, 1.54) is 0 Å². The average Bonchev–Trinajstić information content (AvgIpc) is 1.96. The van der Waals surface area contributed by atoms with Crippen LogP contribution in [0.2, 0.25) is 0 Å². The maximum Gasteiger partial charge on any atom is 0.284 e. The summed E-state index contributed by atoms with van der Waals surface area (Å²) in [7, 11) is 0. The zero-order valence-corrected chi connectivity index (χ0v) is 7.16. The minimum atomic E-state index is -2.83. The molecule has 0 bridgehead atoms. The van der Waals surface area contributed by atoms with Crippen LogP contribution >= 0.6 is 15.9 Å². The van der Waals surface area contributed by atoms with Crippen LogP contribution in [0.5, 0.6) is 0 Å². The van der Waals surface area contributed by atoms with Gasteiger partial charge in [0.1, 0.15) is 0 Å². The van der Waals surface area contributed by atoms with Crippen LogP contribution in [0.3, 0.4) is 0 Å². The average molecular weight is 242 g/mol. The summed E-state index contributed by atoms with van der Waals surface area (Å²) in [4.78, 5) is 12.2. The Morgan fingerprint density at radius 3 is 2.58 bits per heavy atom. The molecule has 2 nitrogen and oxygen atoms in total. The van der Waals surface area contributed by atoms with Crippen LogP contribution in [0.25, 0.3) is 0 Å². The summed E-state index contributed by atoms with van der Waals surface area (Å²) in [6, 6.07) is 0.709. The summed E-state index contributed by atoms with van der Waals surface area (Å²) in [5.41, 5.74) is -1.75. The molecule has 0 radical (unpaired) electrons. The van der Waals surface area contributed by atoms with Crippen LogP contribution in [0.4, 0.5) is 13.2 Å². The first-order valence-electron chi connectivity index (χ1n) is 2.88. The van der Waals surface area contributed by atoms with Gasteiger partial charge in [-0.2, -0.15) is 0 Å².